The first-order valence-corrected chi connectivity index (χ1v) is 6.41. The minimum atomic E-state index is -0.212. The number of carbonyl (C=O) groups excluding carboxylic acids is 1. The van der Waals surface area contributed by atoms with E-state index in [0.29, 0.717) is 10.6 Å². The van der Waals surface area contributed by atoms with Crippen LogP contribution in [0.25, 0.3) is 0 Å². The first-order valence-electron chi connectivity index (χ1n) is 6.03. The van der Waals surface area contributed by atoms with E-state index < -0.39 is 0 Å². The summed E-state index contributed by atoms with van der Waals surface area (Å²) >= 11 is 5.82. The SMILES string of the molecule is CC[C@@H](NC(=O)c1cncc(Cl)c1)c1ncc(C)[nH]1. The van der Waals surface area contributed by atoms with E-state index in [-0.39, 0.29) is 11.9 Å². The molecule has 5 nitrogen and oxygen atoms in total. The number of pyridine rings is 1. The maximum absolute atomic E-state index is 12.1. The molecular formula is C13H15ClN4O. The van der Waals surface area contributed by atoms with Crippen LogP contribution in [0.4, 0.5) is 0 Å². The van der Waals surface area contributed by atoms with Gasteiger partial charge in [-0.05, 0) is 19.4 Å². The molecule has 0 unspecified atom stereocenters. The molecule has 1 amide bonds. The number of aryl methyl sites for hydroxylation is 1. The summed E-state index contributed by atoms with van der Waals surface area (Å²) in [5, 5.41) is 3.35. The normalized spacial score (nSPS) is 12.2. The van der Waals surface area contributed by atoms with Gasteiger partial charge in [0.05, 0.1) is 16.6 Å². The predicted octanol–water partition coefficient (Wildman–Crippen LogP) is 2.65. The van der Waals surface area contributed by atoms with Gasteiger partial charge in [0.15, 0.2) is 0 Å². The molecule has 2 aromatic rings. The molecule has 2 heterocycles. The highest BCUT2D eigenvalue weighted by Gasteiger charge is 2.16. The van der Waals surface area contributed by atoms with Crippen molar-refractivity contribution >= 4 is 17.5 Å². The van der Waals surface area contributed by atoms with Gasteiger partial charge in [0.1, 0.15) is 5.82 Å². The van der Waals surface area contributed by atoms with Crippen LogP contribution in [0.15, 0.2) is 24.7 Å². The number of nitrogens with one attached hydrogen (secondary N) is 2. The number of rotatable bonds is 4. The quantitative estimate of drug-likeness (QED) is 0.903. The number of H-pyrrole nitrogens is 1. The second-order valence-electron chi connectivity index (χ2n) is 4.28. The van der Waals surface area contributed by atoms with Gasteiger partial charge in [-0.2, -0.15) is 0 Å². The molecule has 0 saturated carbocycles. The van der Waals surface area contributed by atoms with Crippen LogP contribution in [0, 0.1) is 6.92 Å². The average molecular weight is 279 g/mol. The Labute approximate surface area is 116 Å². The van der Waals surface area contributed by atoms with E-state index in [2.05, 4.69) is 20.3 Å². The van der Waals surface area contributed by atoms with Crippen molar-refractivity contribution in [3.8, 4) is 0 Å². The molecule has 6 heteroatoms. The molecule has 0 aromatic carbocycles. The standard InChI is InChI=1S/C13H15ClN4O/c1-3-11(12-16-5-8(2)17-12)18-13(19)9-4-10(14)7-15-6-9/h4-7,11H,3H2,1-2H3,(H,16,17)(H,18,19)/t11-/m1/s1. The Hall–Kier alpha value is -1.88. The lowest BCUT2D eigenvalue weighted by molar-refractivity contribution is 0.0933. The van der Waals surface area contributed by atoms with E-state index in [1.54, 1.807) is 12.3 Å². The summed E-state index contributed by atoms with van der Waals surface area (Å²) in [4.78, 5) is 23.4. The van der Waals surface area contributed by atoms with Crippen LogP contribution >= 0.6 is 11.6 Å². The van der Waals surface area contributed by atoms with Crippen molar-refractivity contribution in [3.05, 3.63) is 46.8 Å². The third kappa shape index (κ3) is 3.32. The van der Waals surface area contributed by atoms with Crippen molar-refractivity contribution < 1.29 is 4.79 Å². The average Bonchev–Trinajstić information content (AvgIpc) is 2.82. The zero-order valence-electron chi connectivity index (χ0n) is 10.8. The van der Waals surface area contributed by atoms with Gasteiger partial charge in [-0.25, -0.2) is 4.98 Å². The van der Waals surface area contributed by atoms with Gasteiger partial charge in [0, 0.05) is 24.3 Å². The molecule has 0 saturated heterocycles. The van der Waals surface area contributed by atoms with Gasteiger partial charge in [0.25, 0.3) is 5.91 Å². The Bertz CT molecular complexity index is 582. The number of imidazole rings is 1. The van der Waals surface area contributed by atoms with Gasteiger partial charge in [0.2, 0.25) is 0 Å². The summed E-state index contributed by atoms with van der Waals surface area (Å²) in [5.41, 5.74) is 1.40. The van der Waals surface area contributed by atoms with E-state index in [0.717, 1.165) is 17.9 Å². The number of halogens is 1. The summed E-state index contributed by atoms with van der Waals surface area (Å²) < 4.78 is 0. The fourth-order valence-corrected chi connectivity index (χ4v) is 1.93. The monoisotopic (exact) mass is 278 g/mol. The molecule has 0 fully saturated rings. The molecule has 0 spiro atoms. The third-order valence-electron chi connectivity index (χ3n) is 2.73. The lowest BCUT2D eigenvalue weighted by atomic mass is 10.2. The summed E-state index contributed by atoms with van der Waals surface area (Å²) in [6.07, 6.45) is 5.46. The van der Waals surface area contributed by atoms with Crippen LogP contribution in [0.5, 0.6) is 0 Å². The van der Waals surface area contributed by atoms with E-state index in [1.165, 1.54) is 12.4 Å². The highest BCUT2D eigenvalue weighted by Crippen LogP contribution is 2.15. The number of aromatic amines is 1. The number of carbonyl (C=O) groups is 1. The molecule has 0 aliphatic heterocycles. The van der Waals surface area contributed by atoms with Crippen LogP contribution < -0.4 is 5.32 Å². The molecule has 2 aromatic heterocycles. The fourth-order valence-electron chi connectivity index (χ4n) is 1.75. The van der Waals surface area contributed by atoms with Gasteiger partial charge in [-0.1, -0.05) is 18.5 Å². The number of hydrogen-bond donors (Lipinski definition) is 2. The lowest BCUT2D eigenvalue weighted by Crippen LogP contribution is -2.29. The largest absolute Gasteiger partial charge is 0.344 e. The molecule has 2 rings (SSSR count). The highest BCUT2D eigenvalue weighted by atomic mass is 35.5. The number of amides is 1. The van der Waals surface area contributed by atoms with E-state index in [9.17, 15) is 4.79 Å². The van der Waals surface area contributed by atoms with Crippen LogP contribution in [-0.2, 0) is 0 Å². The molecule has 100 valence electrons. The third-order valence-corrected chi connectivity index (χ3v) is 2.94. The number of aromatic nitrogens is 3. The maximum atomic E-state index is 12.1. The van der Waals surface area contributed by atoms with Crippen molar-refractivity contribution in [2.75, 3.05) is 0 Å². The van der Waals surface area contributed by atoms with Gasteiger partial charge in [-0.15, -0.1) is 0 Å². The van der Waals surface area contributed by atoms with Crippen molar-refractivity contribution in [2.45, 2.75) is 26.3 Å². The van der Waals surface area contributed by atoms with E-state index >= 15 is 0 Å². The Morgan fingerprint density at radius 3 is 2.84 bits per heavy atom. The fraction of sp³-hybridized carbons (Fsp3) is 0.308. The van der Waals surface area contributed by atoms with Crippen molar-refractivity contribution in [2.24, 2.45) is 0 Å². The van der Waals surface area contributed by atoms with Crippen molar-refractivity contribution in [1.82, 2.24) is 20.3 Å². The first-order chi connectivity index (χ1) is 9.10. The maximum Gasteiger partial charge on any atom is 0.253 e. The summed E-state index contributed by atoms with van der Waals surface area (Å²) in [6, 6.07) is 1.43. The van der Waals surface area contributed by atoms with Crippen molar-refractivity contribution in [3.63, 3.8) is 0 Å². The van der Waals surface area contributed by atoms with Gasteiger partial charge < -0.3 is 10.3 Å². The first kappa shape index (κ1) is 13.5. The van der Waals surface area contributed by atoms with E-state index in [4.69, 9.17) is 11.6 Å². The molecule has 0 aliphatic carbocycles. The zero-order chi connectivity index (χ0) is 13.8. The second kappa shape index (κ2) is 5.84. The van der Waals surface area contributed by atoms with Crippen LogP contribution in [0.2, 0.25) is 5.02 Å². The van der Waals surface area contributed by atoms with Crippen LogP contribution in [0.1, 0.15) is 41.3 Å². The minimum absolute atomic E-state index is 0.153. The molecule has 2 N–H and O–H groups in total. The Morgan fingerprint density at radius 1 is 1.47 bits per heavy atom. The zero-order valence-corrected chi connectivity index (χ0v) is 11.5. The highest BCUT2D eigenvalue weighted by molar-refractivity contribution is 6.30. The number of nitrogens with zero attached hydrogens (tertiary/aromatic N) is 2. The Morgan fingerprint density at radius 2 is 2.26 bits per heavy atom. The van der Waals surface area contributed by atoms with Crippen LogP contribution in [-0.4, -0.2) is 20.9 Å². The molecule has 0 radical (unpaired) electrons. The molecular weight excluding hydrogens is 264 g/mol. The summed E-state index contributed by atoms with van der Waals surface area (Å²) in [7, 11) is 0. The molecule has 0 aliphatic rings. The second-order valence-corrected chi connectivity index (χ2v) is 4.71. The van der Waals surface area contributed by atoms with E-state index in [1.807, 2.05) is 13.8 Å². The smallest absolute Gasteiger partial charge is 0.253 e. The number of hydrogen-bond acceptors (Lipinski definition) is 3. The lowest BCUT2D eigenvalue weighted by Gasteiger charge is -2.14. The molecule has 0 bridgehead atoms. The predicted molar refractivity (Wildman–Crippen MR) is 73.1 cm³/mol. The van der Waals surface area contributed by atoms with Crippen LogP contribution in [0.3, 0.4) is 0 Å². The topological polar surface area (TPSA) is 70.7 Å². The van der Waals surface area contributed by atoms with Gasteiger partial charge >= 0.3 is 0 Å². The summed E-state index contributed by atoms with van der Waals surface area (Å²) in [6.45, 7) is 3.91. The Kier molecular flexibility index (Phi) is 4.16. The molecule has 19 heavy (non-hydrogen) atoms. The Balaban J connectivity index is 2.12. The summed E-state index contributed by atoms with van der Waals surface area (Å²) in [5.74, 6) is 0.541. The molecule has 1 atom stereocenters. The minimum Gasteiger partial charge on any atom is -0.344 e. The van der Waals surface area contributed by atoms with Gasteiger partial charge in [-0.3, -0.25) is 9.78 Å². The van der Waals surface area contributed by atoms with Crippen molar-refractivity contribution in [1.29, 1.82) is 0 Å².